The fourth-order valence-electron chi connectivity index (χ4n) is 2.92. The van der Waals surface area contributed by atoms with Crippen LogP contribution in [0.5, 0.6) is 0 Å². The minimum absolute atomic E-state index is 0.848. The van der Waals surface area contributed by atoms with Gasteiger partial charge in [-0.05, 0) is 25.9 Å². The van der Waals surface area contributed by atoms with Crippen molar-refractivity contribution in [1.29, 1.82) is 0 Å². The molecule has 0 aliphatic carbocycles. The van der Waals surface area contributed by atoms with Gasteiger partial charge in [-0.25, -0.2) is 0 Å². The zero-order chi connectivity index (χ0) is 13.6. The van der Waals surface area contributed by atoms with Crippen LogP contribution in [0.3, 0.4) is 0 Å². The first kappa shape index (κ1) is 18.0. The van der Waals surface area contributed by atoms with Crippen LogP contribution in [0.25, 0.3) is 0 Å². The molecule has 1 unspecified atom stereocenters. The van der Waals surface area contributed by atoms with Gasteiger partial charge in [-0.15, -0.1) is 0 Å². The van der Waals surface area contributed by atoms with Crippen molar-refractivity contribution in [2.75, 3.05) is 13.1 Å². The second kappa shape index (κ2) is 13.4. The van der Waals surface area contributed by atoms with E-state index in [4.69, 9.17) is 0 Å². The molecule has 0 radical (unpaired) electrons. The molecule has 0 aromatic rings. The van der Waals surface area contributed by atoms with Crippen molar-refractivity contribution in [2.45, 2.75) is 97.9 Å². The summed E-state index contributed by atoms with van der Waals surface area (Å²) in [5, 5.41) is 0. The maximum Gasteiger partial charge on any atom is 0.00949 e. The largest absolute Gasteiger partial charge is 0.301 e. The topological polar surface area (TPSA) is 3.24 Å². The minimum atomic E-state index is 0.848. The molecule has 110 valence electrons. The molecule has 1 atom stereocenters. The first-order valence-corrected chi connectivity index (χ1v) is 8.54. The van der Waals surface area contributed by atoms with Crippen molar-refractivity contribution >= 4 is 0 Å². The number of nitrogens with zero attached hydrogens (tertiary/aromatic N) is 1. The Hall–Kier alpha value is -0.0400. The monoisotopic (exact) mass is 255 g/mol. The van der Waals surface area contributed by atoms with E-state index in [1.165, 1.54) is 77.3 Å². The normalized spacial score (nSPS) is 13.2. The molecule has 0 aliphatic rings. The second-order valence-electron chi connectivity index (χ2n) is 5.57. The van der Waals surface area contributed by atoms with E-state index in [1.54, 1.807) is 0 Å². The summed E-state index contributed by atoms with van der Waals surface area (Å²) in [7, 11) is 0. The van der Waals surface area contributed by atoms with E-state index in [0.29, 0.717) is 0 Å². The molecule has 0 aromatic heterocycles. The van der Waals surface area contributed by atoms with E-state index in [1.807, 2.05) is 0 Å². The third kappa shape index (κ3) is 8.97. The van der Waals surface area contributed by atoms with Gasteiger partial charge in [0.25, 0.3) is 0 Å². The van der Waals surface area contributed by atoms with Gasteiger partial charge in [0.15, 0.2) is 0 Å². The molecule has 1 nitrogen and oxygen atoms in total. The molecule has 0 saturated heterocycles. The van der Waals surface area contributed by atoms with Gasteiger partial charge in [0.1, 0.15) is 0 Å². The third-order valence-corrected chi connectivity index (χ3v) is 4.09. The van der Waals surface area contributed by atoms with Gasteiger partial charge < -0.3 is 4.90 Å². The molecule has 0 saturated carbocycles. The van der Waals surface area contributed by atoms with E-state index in [9.17, 15) is 0 Å². The van der Waals surface area contributed by atoms with E-state index < -0.39 is 0 Å². The first-order chi connectivity index (χ1) is 8.79. The molecule has 0 aromatic carbocycles. The van der Waals surface area contributed by atoms with Crippen LogP contribution in [0.1, 0.15) is 91.9 Å². The maximum atomic E-state index is 2.65. The molecular weight excluding hydrogens is 218 g/mol. The van der Waals surface area contributed by atoms with Crippen molar-refractivity contribution in [2.24, 2.45) is 0 Å². The number of hydrogen-bond acceptors (Lipinski definition) is 1. The van der Waals surface area contributed by atoms with Gasteiger partial charge in [-0.3, -0.25) is 0 Å². The number of unbranched alkanes of at least 4 members (excludes halogenated alkanes) is 6. The smallest absolute Gasteiger partial charge is 0.00949 e. The lowest BCUT2D eigenvalue weighted by atomic mass is 10.0. The van der Waals surface area contributed by atoms with Crippen LogP contribution < -0.4 is 0 Å². The van der Waals surface area contributed by atoms with Gasteiger partial charge >= 0.3 is 0 Å². The lowest BCUT2D eigenvalue weighted by Crippen LogP contribution is -2.34. The summed E-state index contributed by atoms with van der Waals surface area (Å²) < 4.78 is 0. The van der Waals surface area contributed by atoms with E-state index in [-0.39, 0.29) is 0 Å². The van der Waals surface area contributed by atoms with Crippen molar-refractivity contribution in [1.82, 2.24) is 4.90 Å². The van der Waals surface area contributed by atoms with Crippen LogP contribution in [0.4, 0.5) is 0 Å². The van der Waals surface area contributed by atoms with Crippen LogP contribution in [0.15, 0.2) is 0 Å². The summed E-state index contributed by atoms with van der Waals surface area (Å²) in [4.78, 5) is 2.65. The predicted octanol–water partition coefficient (Wildman–Crippen LogP) is 5.64. The quantitative estimate of drug-likeness (QED) is 0.385. The van der Waals surface area contributed by atoms with Crippen molar-refractivity contribution in [3.05, 3.63) is 0 Å². The fourth-order valence-corrected chi connectivity index (χ4v) is 2.92. The molecule has 0 N–H and O–H groups in total. The molecular formula is C17H37N. The average Bonchev–Trinajstić information content (AvgIpc) is 2.39. The Kier molecular flexibility index (Phi) is 13.4. The van der Waals surface area contributed by atoms with Gasteiger partial charge in [0.05, 0.1) is 0 Å². The zero-order valence-corrected chi connectivity index (χ0v) is 13.5. The van der Waals surface area contributed by atoms with Gasteiger partial charge in [-0.2, -0.15) is 0 Å². The highest BCUT2D eigenvalue weighted by atomic mass is 15.1. The van der Waals surface area contributed by atoms with Crippen LogP contribution >= 0.6 is 0 Å². The molecule has 1 heteroatoms. The van der Waals surface area contributed by atoms with Crippen molar-refractivity contribution < 1.29 is 0 Å². The Morgan fingerprint density at radius 3 is 1.67 bits per heavy atom. The first-order valence-electron chi connectivity index (χ1n) is 8.54. The zero-order valence-electron chi connectivity index (χ0n) is 13.5. The Bertz CT molecular complexity index is 152. The van der Waals surface area contributed by atoms with Crippen LogP contribution in [-0.2, 0) is 0 Å². The lowest BCUT2D eigenvalue weighted by molar-refractivity contribution is 0.190. The van der Waals surface area contributed by atoms with Crippen molar-refractivity contribution in [3.63, 3.8) is 0 Å². The van der Waals surface area contributed by atoms with Crippen molar-refractivity contribution in [3.8, 4) is 0 Å². The van der Waals surface area contributed by atoms with Crippen LogP contribution in [0.2, 0.25) is 0 Å². The van der Waals surface area contributed by atoms with Gasteiger partial charge in [0.2, 0.25) is 0 Å². The lowest BCUT2D eigenvalue weighted by Gasteiger charge is -2.29. The summed E-state index contributed by atoms with van der Waals surface area (Å²) in [5.74, 6) is 0. The Labute approximate surface area is 116 Å². The molecule has 0 fully saturated rings. The molecule has 18 heavy (non-hydrogen) atoms. The highest BCUT2D eigenvalue weighted by molar-refractivity contribution is 4.69. The molecule has 0 bridgehead atoms. The van der Waals surface area contributed by atoms with Crippen LogP contribution in [0, 0.1) is 0 Å². The fraction of sp³-hybridized carbons (Fsp3) is 1.00. The predicted molar refractivity (Wildman–Crippen MR) is 84.2 cm³/mol. The standard InChI is InChI=1S/C17H37N/c1-5-9-10-11-12-13-14-16-17(15-6-2)18(7-3)8-4/h17H,5-16H2,1-4H3. The molecule has 0 rings (SSSR count). The van der Waals surface area contributed by atoms with E-state index in [2.05, 4.69) is 32.6 Å². The SMILES string of the molecule is CCCCCCCCCC(CCC)N(CC)CC. The summed E-state index contributed by atoms with van der Waals surface area (Å²) in [6.07, 6.45) is 14.2. The molecule has 0 amide bonds. The second-order valence-corrected chi connectivity index (χ2v) is 5.57. The summed E-state index contributed by atoms with van der Waals surface area (Å²) in [6, 6.07) is 0.848. The van der Waals surface area contributed by atoms with E-state index >= 15 is 0 Å². The number of rotatable bonds is 13. The Morgan fingerprint density at radius 1 is 0.611 bits per heavy atom. The van der Waals surface area contributed by atoms with Gasteiger partial charge in [0, 0.05) is 6.04 Å². The Morgan fingerprint density at radius 2 is 1.17 bits per heavy atom. The maximum absolute atomic E-state index is 2.65. The highest BCUT2D eigenvalue weighted by Crippen LogP contribution is 2.16. The minimum Gasteiger partial charge on any atom is -0.301 e. The molecule has 0 aliphatic heterocycles. The molecule has 0 heterocycles. The Balaban J connectivity index is 3.63. The van der Waals surface area contributed by atoms with Gasteiger partial charge in [-0.1, -0.05) is 79.1 Å². The number of hydrogen-bond donors (Lipinski definition) is 0. The highest BCUT2D eigenvalue weighted by Gasteiger charge is 2.13. The van der Waals surface area contributed by atoms with Crippen LogP contribution in [-0.4, -0.2) is 24.0 Å². The third-order valence-electron chi connectivity index (χ3n) is 4.09. The summed E-state index contributed by atoms with van der Waals surface area (Å²) >= 11 is 0. The average molecular weight is 255 g/mol. The summed E-state index contributed by atoms with van der Waals surface area (Å²) in [6.45, 7) is 11.7. The van der Waals surface area contributed by atoms with E-state index in [0.717, 1.165) is 6.04 Å². The summed E-state index contributed by atoms with van der Waals surface area (Å²) in [5.41, 5.74) is 0. The molecule has 0 spiro atoms.